The number of fused-ring (bicyclic) bond motifs is 1. The van der Waals surface area contributed by atoms with Gasteiger partial charge in [0.2, 0.25) is 0 Å². The smallest absolute Gasteiger partial charge is 0.252 e. The van der Waals surface area contributed by atoms with Crippen molar-refractivity contribution in [2.45, 2.75) is 55.5 Å². The van der Waals surface area contributed by atoms with E-state index in [4.69, 9.17) is 4.74 Å². The fraction of sp³-hybridized carbons (Fsp3) is 0.636. The van der Waals surface area contributed by atoms with E-state index in [0.29, 0.717) is 37.4 Å². The maximum Gasteiger partial charge on any atom is 0.252 e. The summed E-state index contributed by atoms with van der Waals surface area (Å²) in [5, 5.41) is 5.79. The quantitative estimate of drug-likeness (QED) is 0.744. The molecular formula is C22H32N4O3S. The molecule has 3 atom stereocenters. The number of ether oxygens (including phenoxy) is 1. The van der Waals surface area contributed by atoms with Crippen molar-refractivity contribution in [2.24, 2.45) is 0 Å². The second-order valence-electron chi connectivity index (χ2n) is 8.44. The Morgan fingerprint density at radius 3 is 2.70 bits per heavy atom. The van der Waals surface area contributed by atoms with Gasteiger partial charge >= 0.3 is 0 Å². The second-order valence-corrected chi connectivity index (χ2v) is 9.56. The molecule has 0 bridgehead atoms. The Kier molecular flexibility index (Phi) is 6.98. The molecule has 7 nitrogen and oxygen atoms in total. The van der Waals surface area contributed by atoms with Gasteiger partial charge in [0.05, 0.1) is 18.9 Å². The first-order valence-corrected chi connectivity index (χ1v) is 11.9. The van der Waals surface area contributed by atoms with Crippen molar-refractivity contribution >= 4 is 29.3 Å². The van der Waals surface area contributed by atoms with Crippen molar-refractivity contribution in [1.82, 2.24) is 15.1 Å². The Morgan fingerprint density at radius 1 is 1.23 bits per heavy atom. The van der Waals surface area contributed by atoms with Crippen LogP contribution in [0.25, 0.3) is 0 Å². The molecule has 0 unspecified atom stereocenters. The molecule has 3 heterocycles. The number of anilines is 1. The van der Waals surface area contributed by atoms with E-state index in [1.807, 2.05) is 12.1 Å². The molecular weight excluding hydrogens is 400 g/mol. The van der Waals surface area contributed by atoms with E-state index >= 15 is 0 Å². The van der Waals surface area contributed by atoms with Crippen LogP contribution >= 0.6 is 11.8 Å². The van der Waals surface area contributed by atoms with Crippen LogP contribution in [0, 0.1) is 0 Å². The molecule has 1 aromatic rings. The van der Waals surface area contributed by atoms with Crippen molar-refractivity contribution in [1.29, 1.82) is 0 Å². The first kappa shape index (κ1) is 21.6. The molecule has 8 heteroatoms. The average Bonchev–Trinajstić information content (AvgIpc) is 2.75. The van der Waals surface area contributed by atoms with Gasteiger partial charge in [0, 0.05) is 48.7 Å². The highest BCUT2D eigenvalue weighted by Gasteiger charge is 2.33. The van der Waals surface area contributed by atoms with Crippen LogP contribution in [-0.4, -0.2) is 78.5 Å². The van der Waals surface area contributed by atoms with Gasteiger partial charge in [-0.1, -0.05) is 18.2 Å². The summed E-state index contributed by atoms with van der Waals surface area (Å²) >= 11 is 1.55. The summed E-state index contributed by atoms with van der Waals surface area (Å²) in [5.74, 6) is -0.121. The van der Waals surface area contributed by atoms with Crippen LogP contribution in [0.1, 0.15) is 43.5 Å². The molecule has 2 fully saturated rings. The SMILES string of the molecule is C[C@@H]1CCC[C@@H](C)N1CCNC(=O)c1ccc2c(c1)NC(=O)[C@H](N1CCOCC1)S2. The number of nitrogens with zero attached hydrogens (tertiary/aromatic N) is 2. The van der Waals surface area contributed by atoms with Gasteiger partial charge in [-0.2, -0.15) is 0 Å². The van der Waals surface area contributed by atoms with Gasteiger partial charge in [0.15, 0.2) is 0 Å². The highest BCUT2D eigenvalue weighted by atomic mass is 32.2. The van der Waals surface area contributed by atoms with E-state index < -0.39 is 0 Å². The summed E-state index contributed by atoms with van der Waals surface area (Å²) in [5.41, 5.74) is 1.31. The Balaban J connectivity index is 1.34. The molecule has 2 saturated heterocycles. The first-order chi connectivity index (χ1) is 14.5. The van der Waals surface area contributed by atoms with Crippen LogP contribution in [-0.2, 0) is 9.53 Å². The number of amides is 2. The van der Waals surface area contributed by atoms with Crippen LogP contribution in [0.5, 0.6) is 0 Å². The molecule has 4 rings (SSSR count). The van der Waals surface area contributed by atoms with E-state index in [9.17, 15) is 9.59 Å². The standard InChI is InChI=1S/C22H32N4O3S/c1-15-4-3-5-16(2)26(15)9-8-23-20(27)17-6-7-19-18(14-17)24-21(28)22(30-19)25-10-12-29-13-11-25/h6-7,14-16,22H,3-5,8-13H2,1-2H3,(H,23,27)(H,24,28)/t15-,16-,22-/m1/s1. The molecule has 3 aliphatic heterocycles. The summed E-state index contributed by atoms with van der Waals surface area (Å²) in [4.78, 5) is 30.9. The summed E-state index contributed by atoms with van der Waals surface area (Å²) in [7, 11) is 0. The van der Waals surface area contributed by atoms with Crippen molar-refractivity contribution in [3.05, 3.63) is 23.8 Å². The monoisotopic (exact) mass is 432 g/mol. The summed E-state index contributed by atoms with van der Waals surface area (Å²) in [6.07, 6.45) is 3.74. The second kappa shape index (κ2) is 9.68. The highest BCUT2D eigenvalue weighted by molar-refractivity contribution is 8.00. The zero-order valence-electron chi connectivity index (χ0n) is 17.9. The molecule has 164 valence electrons. The third-order valence-corrected chi connectivity index (χ3v) is 7.72. The average molecular weight is 433 g/mol. The molecule has 1 aromatic carbocycles. The lowest BCUT2D eigenvalue weighted by molar-refractivity contribution is -0.119. The van der Waals surface area contributed by atoms with Crippen LogP contribution in [0.15, 0.2) is 23.1 Å². The van der Waals surface area contributed by atoms with E-state index in [-0.39, 0.29) is 17.2 Å². The number of carbonyl (C=O) groups excluding carboxylic acids is 2. The third-order valence-electron chi connectivity index (χ3n) is 6.37. The fourth-order valence-corrected chi connectivity index (χ4v) is 5.76. The van der Waals surface area contributed by atoms with E-state index in [1.165, 1.54) is 19.3 Å². The van der Waals surface area contributed by atoms with Crippen molar-refractivity contribution < 1.29 is 14.3 Å². The fourth-order valence-electron chi connectivity index (χ4n) is 4.61. The number of piperidine rings is 1. The minimum absolute atomic E-state index is 0.0277. The third kappa shape index (κ3) is 4.82. The number of rotatable bonds is 5. The molecule has 2 N–H and O–H groups in total. The van der Waals surface area contributed by atoms with E-state index in [1.54, 1.807) is 17.8 Å². The van der Waals surface area contributed by atoms with Gasteiger partial charge in [0.1, 0.15) is 5.37 Å². The van der Waals surface area contributed by atoms with Crippen LogP contribution < -0.4 is 10.6 Å². The largest absolute Gasteiger partial charge is 0.379 e. The predicted octanol–water partition coefficient (Wildman–Crippen LogP) is 2.38. The minimum Gasteiger partial charge on any atom is -0.379 e. The highest BCUT2D eigenvalue weighted by Crippen LogP contribution is 2.37. The van der Waals surface area contributed by atoms with E-state index in [2.05, 4.69) is 34.3 Å². The lowest BCUT2D eigenvalue weighted by Gasteiger charge is -2.39. The predicted molar refractivity (Wildman–Crippen MR) is 119 cm³/mol. The van der Waals surface area contributed by atoms with Gasteiger partial charge < -0.3 is 15.4 Å². The van der Waals surface area contributed by atoms with Gasteiger partial charge in [0.25, 0.3) is 11.8 Å². The molecule has 0 aromatic heterocycles. The van der Waals surface area contributed by atoms with Crippen LogP contribution in [0.2, 0.25) is 0 Å². The molecule has 2 amide bonds. The van der Waals surface area contributed by atoms with Gasteiger partial charge in [-0.3, -0.25) is 19.4 Å². The molecule has 30 heavy (non-hydrogen) atoms. The number of nitrogens with one attached hydrogen (secondary N) is 2. The number of hydrogen-bond acceptors (Lipinski definition) is 6. The Hall–Kier alpha value is -1.61. The number of thioether (sulfide) groups is 1. The first-order valence-electron chi connectivity index (χ1n) is 11.0. The number of carbonyl (C=O) groups is 2. The normalized spacial score (nSPS) is 27.9. The van der Waals surface area contributed by atoms with Gasteiger partial charge in [-0.25, -0.2) is 0 Å². The zero-order valence-corrected chi connectivity index (χ0v) is 18.7. The van der Waals surface area contributed by atoms with E-state index in [0.717, 1.165) is 30.2 Å². The number of hydrogen-bond donors (Lipinski definition) is 2. The minimum atomic E-state index is -0.241. The van der Waals surface area contributed by atoms with Crippen LogP contribution in [0.4, 0.5) is 5.69 Å². The summed E-state index contributed by atoms with van der Waals surface area (Å²) < 4.78 is 5.39. The molecule has 0 saturated carbocycles. The van der Waals surface area contributed by atoms with Crippen molar-refractivity contribution in [3.8, 4) is 0 Å². The Morgan fingerprint density at radius 2 is 1.97 bits per heavy atom. The van der Waals surface area contributed by atoms with Crippen molar-refractivity contribution in [2.75, 3.05) is 44.7 Å². The maximum absolute atomic E-state index is 12.7. The van der Waals surface area contributed by atoms with Gasteiger partial charge in [-0.05, 0) is 44.9 Å². The summed E-state index contributed by atoms with van der Waals surface area (Å²) in [6, 6.07) is 6.72. The topological polar surface area (TPSA) is 73.9 Å². The molecule has 3 aliphatic rings. The lowest BCUT2D eigenvalue weighted by atomic mass is 9.98. The zero-order chi connectivity index (χ0) is 21.1. The Labute approximate surface area is 182 Å². The lowest BCUT2D eigenvalue weighted by Crippen LogP contribution is -2.48. The molecule has 0 radical (unpaired) electrons. The van der Waals surface area contributed by atoms with Crippen LogP contribution in [0.3, 0.4) is 0 Å². The maximum atomic E-state index is 12.7. The number of likely N-dealkylation sites (tertiary alicyclic amines) is 1. The molecule has 0 spiro atoms. The number of benzene rings is 1. The summed E-state index contributed by atoms with van der Waals surface area (Å²) in [6.45, 7) is 8.87. The Bertz CT molecular complexity index is 774. The molecule has 0 aliphatic carbocycles. The van der Waals surface area contributed by atoms with Gasteiger partial charge in [-0.15, -0.1) is 0 Å². The van der Waals surface area contributed by atoms with Crippen molar-refractivity contribution in [3.63, 3.8) is 0 Å². The number of morpholine rings is 1.